The van der Waals surface area contributed by atoms with Crippen LogP contribution in [0.5, 0.6) is 0 Å². The Balaban J connectivity index is 2.04. The van der Waals surface area contributed by atoms with Crippen molar-refractivity contribution >= 4 is 39.1 Å². The third kappa shape index (κ3) is 8.49. The van der Waals surface area contributed by atoms with E-state index in [1.807, 2.05) is 37.3 Å². The van der Waals surface area contributed by atoms with Crippen LogP contribution in [0, 0.1) is 11.6 Å². The van der Waals surface area contributed by atoms with Crippen LogP contribution in [0.15, 0.2) is 72.8 Å². The van der Waals surface area contributed by atoms with E-state index in [1.165, 1.54) is 35.2 Å². The number of anilines is 1. The molecule has 3 rings (SSSR count). The molecule has 0 radical (unpaired) electrons. The summed E-state index contributed by atoms with van der Waals surface area (Å²) in [5.74, 6) is -2.30. The molecule has 0 saturated carbocycles. The lowest BCUT2D eigenvalue weighted by atomic mass is 10.0. The first kappa shape index (κ1) is 30.0. The molecule has 7 nitrogen and oxygen atoms in total. The lowest BCUT2D eigenvalue weighted by molar-refractivity contribution is -0.140. The van der Waals surface area contributed by atoms with Crippen molar-refractivity contribution in [2.24, 2.45) is 0 Å². The highest BCUT2D eigenvalue weighted by Crippen LogP contribution is 2.25. The SMILES string of the molecule is CCCNC(=O)[C@@H](Cc1ccccc1)N(Cc1ccc(F)cc1)C(=O)CN(c1ccc(F)c(Cl)c1)S(C)(=O)=O. The molecule has 0 spiro atoms. The Morgan fingerprint density at radius 1 is 0.974 bits per heavy atom. The van der Waals surface area contributed by atoms with Crippen LogP contribution in [0.1, 0.15) is 24.5 Å². The highest BCUT2D eigenvalue weighted by atomic mass is 35.5. The molecule has 1 N–H and O–H groups in total. The van der Waals surface area contributed by atoms with Crippen LogP contribution in [-0.4, -0.2) is 50.5 Å². The molecule has 0 heterocycles. The van der Waals surface area contributed by atoms with E-state index in [9.17, 15) is 26.8 Å². The zero-order chi connectivity index (χ0) is 28.6. The fourth-order valence-corrected chi connectivity index (χ4v) is 4.98. The summed E-state index contributed by atoms with van der Waals surface area (Å²) in [5, 5.41) is 2.52. The molecular weight excluding hydrogens is 548 g/mol. The van der Waals surface area contributed by atoms with E-state index in [2.05, 4.69) is 5.32 Å². The summed E-state index contributed by atoms with van der Waals surface area (Å²) in [5.41, 5.74) is 1.33. The van der Waals surface area contributed by atoms with Gasteiger partial charge in [0.2, 0.25) is 21.8 Å². The second kappa shape index (κ2) is 13.5. The highest BCUT2D eigenvalue weighted by molar-refractivity contribution is 7.92. The van der Waals surface area contributed by atoms with Crippen LogP contribution < -0.4 is 9.62 Å². The molecule has 208 valence electrons. The standard InChI is InChI=1S/C28H30ClF2N3O4S/c1-3-15-32-28(36)26(16-20-7-5-4-6-8-20)33(18-21-9-11-22(30)12-10-21)27(35)19-34(39(2,37)38)23-13-14-25(31)24(29)17-23/h4-14,17,26H,3,15-16,18-19H2,1-2H3,(H,32,36)/t26-/m1/s1. The van der Waals surface area contributed by atoms with Crippen molar-refractivity contribution in [3.05, 3.63) is 101 Å². The summed E-state index contributed by atoms with van der Waals surface area (Å²) in [6, 6.07) is 16.9. The number of halogens is 3. The van der Waals surface area contributed by atoms with E-state index in [0.29, 0.717) is 18.5 Å². The molecule has 2 amide bonds. The van der Waals surface area contributed by atoms with Gasteiger partial charge in [0.25, 0.3) is 0 Å². The summed E-state index contributed by atoms with van der Waals surface area (Å²) in [7, 11) is -4.02. The van der Waals surface area contributed by atoms with Crippen molar-refractivity contribution in [2.45, 2.75) is 32.4 Å². The Labute approximate surface area is 232 Å². The van der Waals surface area contributed by atoms with Crippen molar-refractivity contribution in [2.75, 3.05) is 23.7 Å². The van der Waals surface area contributed by atoms with Crippen LogP contribution in [0.2, 0.25) is 5.02 Å². The van der Waals surface area contributed by atoms with Crippen LogP contribution >= 0.6 is 11.6 Å². The molecule has 0 bridgehead atoms. The Morgan fingerprint density at radius 2 is 1.64 bits per heavy atom. The van der Waals surface area contributed by atoms with Gasteiger partial charge in [-0.25, -0.2) is 17.2 Å². The number of hydrogen-bond acceptors (Lipinski definition) is 4. The number of carbonyl (C=O) groups is 2. The minimum absolute atomic E-state index is 0.00553. The second-order valence-corrected chi connectivity index (χ2v) is 11.3. The van der Waals surface area contributed by atoms with Gasteiger partial charge >= 0.3 is 0 Å². The van der Waals surface area contributed by atoms with Gasteiger partial charge in [0.05, 0.1) is 17.0 Å². The smallest absolute Gasteiger partial charge is 0.244 e. The molecule has 1 atom stereocenters. The highest BCUT2D eigenvalue weighted by Gasteiger charge is 2.33. The van der Waals surface area contributed by atoms with Gasteiger partial charge in [0, 0.05) is 19.5 Å². The first-order valence-electron chi connectivity index (χ1n) is 12.3. The molecule has 0 aliphatic rings. The molecule has 0 fully saturated rings. The summed E-state index contributed by atoms with van der Waals surface area (Å²) in [6.07, 6.45) is 1.74. The molecular formula is C28H30ClF2N3O4S. The normalized spacial score (nSPS) is 12.0. The second-order valence-electron chi connectivity index (χ2n) is 9.01. The van der Waals surface area contributed by atoms with Gasteiger partial charge in [-0.1, -0.05) is 61.0 Å². The van der Waals surface area contributed by atoms with E-state index < -0.39 is 46.1 Å². The van der Waals surface area contributed by atoms with Gasteiger partial charge in [-0.15, -0.1) is 0 Å². The van der Waals surface area contributed by atoms with E-state index in [4.69, 9.17) is 11.6 Å². The van der Waals surface area contributed by atoms with Crippen LogP contribution in [-0.2, 0) is 32.6 Å². The molecule has 0 unspecified atom stereocenters. The summed E-state index contributed by atoms with van der Waals surface area (Å²) in [6.45, 7) is 1.52. The predicted molar refractivity (Wildman–Crippen MR) is 148 cm³/mol. The Bertz CT molecular complexity index is 1390. The fraction of sp³-hybridized carbons (Fsp3) is 0.286. The molecule has 39 heavy (non-hydrogen) atoms. The minimum atomic E-state index is -4.02. The third-order valence-corrected chi connectivity index (χ3v) is 7.39. The van der Waals surface area contributed by atoms with Crippen molar-refractivity contribution in [1.29, 1.82) is 0 Å². The number of nitrogens with one attached hydrogen (secondary N) is 1. The number of nitrogens with zero attached hydrogens (tertiary/aromatic N) is 2. The van der Waals surface area contributed by atoms with Crippen molar-refractivity contribution in [1.82, 2.24) is 10.2 Å². The van der Waals surface area contributed by atoms with Crippen LogP contribution in [0.3, 0.4) is 0 Å². The molecule has 3 aromatic rings. The van der Waals surface area contributed by atoms with Crippen LogP contribution in [0.4, 0.5) is 14.5 Å². The largest absolute Gasteiger partial charge is 0.354 e. The lowest BCUT2D eigenvalue weighted by Crippen LogP contribution is -2.53. The monoisotopic (exact) mass is 577 g/mol. The quantitative estimate of drug-likeness (QED) is 0.342. The number of carbonyl (C=O) groups excluding carboxylic acids is 2. The average Bonchev–Trinajstić information content (AvgIpc) is 2.90. The topological polar surface area (TPSA) is 86.8 Å². The van der Waals surface area contributed by atoms with Gasteiger partial charge in [-0.3, -0.25) is 13.9 Å². The average molecular weight is 578 g/mol. The van der Waals surface area contributed by atoms with E-state index in [1.54, 1.807) is 0 Å². The Hall–Kier alpha value is -3.50. The van der Waals surface area contributed by atoms with Gasteiger partial charge in [-0.05, 0) is 47.9 Å². The number of benzene rings is 3. The van der Waals surface area contributed by atoms with Crippen molar-refractivity contribution in [3.8, 4) is 0 Å². The maximum absolute atomic E-state index is 13.9. The molecule has 3 aromatic carbocycles. The molecule has 0 aliphatic heterocycles. The molecule has 0 aliphatic carbocycles. The Morgan fingerprint density at radius 3 is 2.23 bits per heavy atom. The predicted octanol–water partition coefficient (Wildman–Crippen LogP) is 4.55. The van der Waals surface area contributed by atoms with Crippen LogP contribution in [0.25, 0.3) is 0 Å². The van der Waals surface area contributed by atoms with Crippen molar-refractivity contribution < 1.29 is 26.8 Å². The van der Waals surface area contributed by atoms with Gasteiger partial charge in [-0.2, -0.15) is 0 Å². The van der Waals surface area contributed by atoms with Crippen molar-refractivity contribution in [3.63, 3.8) is 0 Å². The van der Waals surface area contributed by atoms with Gasteiger partial charge < -0.3 is 10.2 Å². The maximum atomic E-state index is 13.9. The molecule has 0 aromatic heterocycles. The first-order chi connectivity index (χ1) is 18.5. The lowest BCUT2D eigenvalue weighted by Gasteiger charge is -2.33. The molecule has 0 saturated heterocycles. The summed E-state index contributed by atoms with van der Waals surface area (Å²) < 4.78 is 53.6. The van der Waals surface area contributed by atoms with E-state index in [0.717, 1.165) is 28.3 Å². The summed E-state index contributed by atoms with van der Waals surface area (Å²) in [4.78, 5) is 28.5. The first-order valence-corrected chi connectivity index (χ1v) is 14.5. The number of amides is 2. The number of sulfonamides is 1. The summed E-state index contributed by atoms with van der Waals surface area (Å²) >= 11 is 5.88. The zero-order valence-corrected chi connectivity index (χ0v) is 23.2. The number of rotatable bonds is 12. The molecule has 11 heteroatoms. The maximum Gasteiger partial charge on any atom is 0.244 e. The minimum Gasteiger partial charge on any atom is -0.354 e. The van der Waals surface area contributed by atoms with E-state index >= 15 is 0 Å². The van der Waals surface area contributed by atoms with Gasteiger partial charge in [0.15, 0.2) is 0 Å². The fourth-order valence-electron chi connectivity index (χ4n) is 3.96. The zero-order valence-electron chi connectivity index (χ0n) is 21.6. The Kier molecular flexibility index (Phi) is 10.4. The van der Waals surface area contributed by atoms with Gasteiger partial charge in [0.1, 0.15) is 24.2 Å². The number of hydrogen-bond donors (Lipinski definition) is 1. The van der Waals surface area contributed by atoms with E-state index in [-0.39, 0.29) is 23.7 Å². The third-order valence-electron chi connectivity index (χ3n) is 5.96.